The summed E-state index contributed by atoms with van der Waals surface area (Å²) >= 11 is 0. The van der Waals surface area contributed by atoms with E-state index in [2.05, 4.69) is 39.6 Å². The van der Waals surface area contributed by atoms with E-state index < -0.39 is 0 Å². The van der Waals surface area contributed by atoms with Gasteiger partial charge in [0.25, 0.3) is 0 Å². The van der Waals surface area contributed by atoms with Crippen molar-refractivity contribution in [3.05, 3.63) is 34.9 Å². The molecule has 3 nitrogen and oxygen atoms in total. The number of likely N-dealkylation sites (tertiary alicyclic amines) is 1. The minimum absolute atomic E-state index is 0.0371. The summed E-state index contributed by atoms with van der Waals surface area (Å²) in [6.45, 7) is 10.4. The molecule has 1 unspecified atom stereocenters. The molecule has 0 radical (unpaired) electrons. The summed E-state index contributed by atoms with van der Waals surface area (Å²) in [4.78, 5) is 14.4. The average Bonchev–Trinajstić information content (AvgIpc) is 2.73. The monoisotopic (exact) mass is 275 g/mol. The Kier molecular flexibility index (Phi) is 4.19. The van der Waals surface area contributed by atoms with E-state index in [9.17, 15) is 4.79 Å². The first-order valence-corrected chi connectivity index (χ1v) is 7.28. The minimum atomic E-state index is -0.200. The van der Waals surface area contributed by atoms with Crippen LogP contribution in [0.25, 0.3) is 0 Å². The molecule has 1 aromatic rings. The summed E-state index contributed by atoms with van der Waals surface area (Å²) < 4.78 is 5.57. The van der Waals surface area contributed by atoms with E-state index in [1.165, 1.54) is 5.56 Å². The Labute approximate surface area is 121 Å². The van der Waals surface area contributed by atoms with E-state index in [1.54, 1.807) is 0 Å². The zero-order chi connectivity index (χ0) is 14.9. The number of carbonyl (C=O) groups excluding carboxylic acids is 1. The van der Waals surface area contributed by atoms with Crippen molar-refractivity contribution in [3.8, 4) is 0 Å². The van der Waals surface area contributed by atoms with Crippen LogP contribution >= 0.6 is 0 Å². The molecular weight excluding hydrogens is 250 g/mol. The van der Waals surface area contributed by atoms with Crippen molar-refractivity contribution >= 4 is 5.97 Å². The van der Waals surface area contributed by atoms with Crippen molar-refractivity contribution in [2.75, 3.05) is 20.1 Å². The highest BCUT2D eigenvalue weighted by Gasteiger charge is 2.24. The van der Waals surface area contributed by atoms with Crippen molar-refractivity contribution < 1.29 is 9.53 Å². The third-order valence-electron chi connectivity index (χ3n) is 3.89. The molecule has 1 atom stereocenters. The minimum Gasteiger partial charge on any atom is -0.457 e. The first-order valence-electron chi connectivity index (χ1n) is 7.28. The number of rotatable bonds is 2. The van der Waals surface area contributed by atoms with Gasteiger partial charge < -0.3 is 9.64 Å². The van der Waals surface area contributed by atoms with Crippen LogP contribution in [0.4, 0.5) is 0 Å². The van der Waals surface area contributed by atoms with Gasteiger partial charge in [-0.3, -0.25) is 0 Å². The van der Waals surface area contributed by atoms with Crippen LogP contribution in [-0.4, -0.2) is 37.1 Å². The fourth-order valence-corrected chi connectivity index (χ4v) is 2.84. The molecule has 0 amide bonds. The second kappa shape index (κ2) is 5.57. The Morgan fingerprint density at radius 3 is 2.55 bits per heavy atom. The largest absolute Gasteiger partial charge is 0.457 e. The second-order valence-electron chi connectivity index (χ2n) is 6.86. The molecule has 1 aromatic carbocycles. The Balaban J connectivity index is 2.09. The maximum Gasteiger partial charge on any atom is 0.338 e. The van der Waals surface area contributed by atoms with E-state index in [-0.39, 0.29) is 17.5 Å². The van der Waals surface area contributed by atoms with Gasteiger partial charge in [-0.1, -0.05) is 26.8 Å². The lowest BCUT2D eigenvalue weighted by Crippen LogP contribution is -2.22. The van der Waals surface area contributed by atoms with Crippen molar-refractivity contribution in [2.24, 2.45) is 0 Å². The third kappa shape index (κ3) is 3.40. The predicted molar refractivity (Wildman–Crippen MR) is 81.2 cm³/mol. The highest BCUT2D eigenvalue weighted by atomic mass is 16.5. The van der Waals surface area contributed by atoms with Crippen LogP contribution < -0.4 is 0 Å². The van der Waals surface area contributed by atoms with Crippen molar-refractivity contribution in [3.63, 3.8) is 0 Å². The van der Waals surface area contributed by atoms with Crippen LogP contribution in [0.2, 0.25) is 0 Å². The molecule has 1 aliphatic rings. The quantitative estimate of drug-likeness (QED) is 0.777. The van der Waals surface area contributed by atoms with E-state index >= 15 is 0 Å². The molecular formula is C17H25NO2. The summed E-state index contributed by atoms with van der Waals surface area (Å²) in [5.41, 5.74) is 3.18. The van der Waals surface area contributed by atoms with Crippen LogP contribution in [0.5, 0.6) is 0 Å². The van der Waals surface area contributed by atoms with E-state index in [1.807, 2.05) is 18.2 Å². The standard InChI is InChI=1S/C17H25NO2/c1-12-10-13(6-7-15(12)17(2,3)4)16(19)20-14-8-9-18(5)11-14/h6-7,10,14H,8-9,11H2,1-5H3. The fourth-order valence-electron chi connectivity index (χ4n) is 2.84. The first-order chi connectivity index (χ1) is 9.27. The molecule has 0 spiro atoms. The van der Waals surface area contributed by atoms with Gasteiger partial charge in [0.2, 0.25) is 0 Å². The van der Waals surface area contributed by atoms with Gasteiger partial charge in [0, 0.05) is 13.1 Å². The van der Waals surface area contributed by atoms with Crippen LogP contribution in [0.15, 0.2) is 18.2 Å². The Bertz CT molecular complexity index is 502. The summed E-state index contributed by atoms with van der Waals surface area (Å²) in [5.74, 6) is -0.200. The van der Waals surface area contributed by atoms with Gasteiger partial charge in [-0.05, 0) is 49.1 Å². The normalized spacial score (nSPS) is 20.1. The Morgan fingerprint density at radius 2 is 2.05 bits per heavy atom. The maximum absolute atomic E-state index is 12.2. The molecule has 110 valence electrons. The van der Waals surface area contributed by atoms with Gasteiger partial charge in [-0.25, -0.2) is 4.79 Å². The summed E-state index contributed by atoms with van der Waals surface area (Å²) in [7, 11) is 2.05. The molecule has 0 bridgehead atoms. The zero-order valence-electron chi connectivity index (χ0n) is 13.2. The highest BCUT2D eigenvalue weighted by Crippen LogP contribution is 2.26. The molecule has 3 heteroatoms. The van der Waals surface area contributed by atoms with Crippen LogP contribution in [-0.2, 0) is 10.2 Å². The number of likely N-dealkylation sites (N-methyl/N-ethyl adjacent to an activating group) is 1. The molecule has 1 heterocycles. The zero-order valence-corrected chi connectivity index (χ0v) is 13.2. The molecule has 1 aliphatic heterocycles. The lowest BCUT2D eigenvalue weighted by Gasteiger charge is -2.22. The number of ether oxygens (including phenoxy) is 1. The van der Waals surface area contributed by atoms with Crippen LogP contribution in [0.3, 0.4) is 0 Å². The van der Waals surface area contributed by atoms with Crippen LogP contribution in [0.1, 0.15) is 48.7 Å². The van der Waals surface area contributed by atoms with Gasteiger partial charge in [0.1, 0.15) is 6.10 Å². The number of nitrogens with zero attached hydrogens (tertiary/aromatic N) is 1. The summed E-state index contributed by atoms with van der Waals surface area (Å²) in [6, 6.07) is 5.88. The topological polar surface area (TPSA) is 29.5 Å². The molecule has 0 saturated carbocycles. The maximum atomic E-state index is 12.2. The number of benzene rings is 1. The van der Waals surface area contributed by atoms with Gasteiger partial charge in [0.15, 0.2) is 0 Å². The van der Waals surface area contributed by atoms with E-state index in [4.69, 9.17) is 4.74 Å². The first kappa shape index (κ1) is 15.0. The van der Waals surface area contributed by atoms with Crippen molar-refractivity contribution in [1.29, 1.82) is 0 Å². The highest BCUT2D eigenvalue weighted by molar-refractivity contribution is 5.89. The number of hydrogen-bond acceptors (Lipinski definition) is 3. The number of esters is 1. The predicted octanol–water partition coefficient (Wildman–Crippen LogP) is 3.15. The van der Waals surface area contributed by atoms with E-state index in [0.29, 0.717) is 5.56 Å². The lowest BCUT2D eigenvalue weighted by molar-refractivity contribution is 0.0327. The van der Waals surface area contributed by atoms with Crippen molar-refractivity contribution in [2.45, 2.75) is 45.6 Å². The number of aryl methyl sites for hydroxylation is 1. The Hall–Kier alpha value is -1.35. The molecule has 0 N–H and O–H groups in total. The van der Waals surface area contributed by atoms with Gasteiger partial charge >= 0.3 is 5.97 Å². The molecule has 1 fully saturated rings. The molecule has 1 saturated heterocycles. The smallest absolute Gasteiger partial charge is 0.338 e. The lowest BCUT2D eigenvalue weighted by atomic mass is 9.83. The number of carbonyl (C=O) groups is 1. The Morgan fingerprint density at radius 1 is 1.35 bits per heavy atom. The third-order valence-corrected chi connectivity index (χ3v) is 3.89. The summed E-state index contributed by atoms with van der Waals surface area (Å²) in [6.07, 6.45) is 0.969. The van der Waals surface area contributed by atoms with Crippen molar-refractivity contribution in [1.82, 2.24) is 4.90 Å². The van der Waals surface area contributed by atoms with Gasteiger partial charge in [-0.2, -0.15) is 0 Å². The SMILES string of the molecule is Cc1cc(C(=O)OC2CCN(C)C2)ccc1C(C)(C)C. The van der Waals surface area contributed by atoms with Gasteiger partial charge in [0.05, 0.1) is 5.56 Å². The second-order valence-corrected chi connectivity index (χ2v) is 6.86. The molecule has 2 rings (SSSR count). The van der Waals surface area contributed by atoms with E-state index in [0.717, 1.165) is 25.1 Å². The molecule has 0 aliphatic carbocycles. The molecule has 0 aromatic heterocycles. The number of hydrogen-bond donors (Lipinski definition) is 0. The summed E-state index contributed by atoms with van der Waals surface area (Å²) in [5, 5.41) is 0. The van der Waals surface area contributed by atoms with Crippen LogP contribution in [0, 0.1) is 6.92 Å². The molecule has 20 heavy (non-hydrogen) atoms. The average molecular weight is 275 g/mol. The fraction of sp³-hybridized carbons (Fsp3) is 0.588. The van der Waals surface area contributed by atoms with Gasteiger partial charge in [-0.15, -0.1) is 0 Å².